The summed E-state index contributed by atoms with van der Waals surface area (Å²) in [7, 11) is 0. The fourth-order valence-corrected chi connectivity index (χ4v) is 1.40. The number of nitrogens with zero attached hydrogens (tertiary/aromatic N) is 1. The second-order valence-corrected chi connectivity index (χ2v) is 3.81. The molecule has 0 aromatic rings. The smallest absolute Gasteiger partial charge is 0.332 e. The molecule has 1 rings (SSSR count). The fraction of sp³-hybridized carbons (Fsp3) is 0.800. The summed E-state index contributed by atoms with van der Waals surface area (Å²) in [5.74, 6) is -1.26. The highest BCUT2D eigenvalue weighted by molar-refractivity contribution is 5.78. The molecular formula is C10H17NO5. The molecule has 1 saturated heterocycles. The van der Waals surface area contributed by atoms with Crippen LogP contribution in [0.25, 0.3) is 0 Å². The molecule has 1 aliphatic rings. The summed E-state index contributed by atoms with van der Waals surface area (Å²) in [6.45, 7) is 4.68. The van der Waals surface area contributed by atoms with Crippen molar-refractivity contribution >= 4 is 11.9 Å². The SMILES string of the molecule is CC1CN(C(=O)CO[C@@H](C)C(=O)O)CCO1. The molecule has 6 nitrogen and oxygen atoms in total. The van der Waals surface area contributed by atoms with E-state index in [2.05, 4.69) is 0 Å². The van der Waals surface area contributed by atoms with Crippen molar-refractivity contribution in [1.82, 2.24) is 4.90 Å². The van der Waals surface area contributed by atoms with E-state index in [1.54, 1.807) is 4.90 Å². The molecule has 0 bridgehead atoms. The molecule has 1 fully saturated rings. The van der Waals surface area contributed by atoms with E-state index < -0.39 is 12.1 Å². The lowest BCUT2D eigenvalue weighted by atomic mass is 10.3. The minimum atomic E-state index is -1.07. The van der Waals surface area contributed by atoms with Crippen LogP contribution in [0.2, 0.25) is 0 Å². The molecule has 1 heterocycles. The third-order valence-electron chi connectivity index (χ3n) is 2.40. The van der Waals surface area contributed by atoms with E-state index in [1.165, 1.54) is 6.92 Å². The number of aliphatic carboxylic acids is 1. The number of ether oxygens (including phenoxy) is 2. The first-order valence-electron chi connectivity index (χ1n) is 5.24. The largest absolute Gasteiger partial charge is 0.479 e. The van der Waals surface area contributed by atoms with Gasteiger partial charge in [0.2, 0.25) is 5.91 Å². The zero-order valence-electron chi connectivity index (χ0n) is 9.51. The second kappa shape index (κ2) is 5.81. The van der Waals surface area contributed by atoms with Gasteiger partial charge < -0.3 is 19.5 Å². The summed E-state index contributed by atoms with van der Waals surface area (Å²) in [4.78, 5) is 23.7. The first-order chi connectivity index (χ1) is 7.50. The van der Waals surface area contributed by atoms with Crippen LogP contribution in [-0.4, -0.2) is 60.4 Å². The molecule has 0 aromatic carbocycles. The molecule has 6 heteroatoms. The van der Waals surface area contributed by atoms with E-state index in [1.807, 2.05) is 6.92 Å². The lowest BCUT2D eigenvalue weighted by Gasteiger charge is -2.31. The number of carbonyl (C=O) groups is 2. The summed E-state index contributed by atoms with van der Waals surface area (Å²) >= 11 is 0. The lowest BCUT2D eigenvalue weighted by molar-refractivity contribution is -0.155. The van der Waals surface area contributed by atoms with Crippen LogP contribution >= 0.6 is 0 Å². The van der Waals surface area contributed by atoms with Crippen LogP contribution in [0.5, 0.6) is 0 Å². The summed E-state index contributed by atoms with van der Waals surface area (Å²) in [6.07, 6.45) is -0.933. The number of morpholine rings is 1. The van der Waals surface area contributed by atoms with Gasteiger partial charge in [-0.15, -0.1) is 0 Å². The van der Waals surface area contributed by atoms with Gasteiger partial charge in [0.25, 0.3) is 0 Å². The van der Waals surface area contributed by atoms with Gasteiger partial charge in [-0.2, -0.15) is 0 Å². The van der Waals surface area contributed by atoms with Crippen LogP contribution in [-0.2, 0) is 19.1 Å². The van der Waals surface area contributed by atoms with E-state index in [-0.39, 0.29) is 18.6 Å². The Morgan fingerprint density at radius 1 is 1.62 bits per heavy atom. The van der Waals surface area contributed by atoms with Gasteiger partial charge >= 0.3 is 5.97 Å². The van der Waals surface area contributed by atoms with Gasteiger partial charge in [0.05, 0.1) is 12.7 Å². The molecular weight excluding hydrogens is 214 g/mol. The summed E-state index contributed by atoms with van der Waals surface area (Å²) in [5.41, 5.74) is 0. The molecule has 0 aromatic heterocycles. The van der Waals surface area contributed by atoms with E-state index in [9.17, 15) is 9.59 Å². The predicted molar refractivity (Wildman–Crippen MR) is 55.0 cm³/mol. The minimum absolute atomic E-state index is 0.0228. The molecule has 0 spiro atoms. The van der Waals surface area contributed by atoms with Gasteiger partial charge in [0, 0.05) is 13.1 Å². The normalized spacial score (nSPS) is 22.9. The van der Waals surface area contributed by atoms with Gasteiger partial charge in [-0.05, 0) is 13.8 Å². The number of carboxylic acids is 1. The third kappa shape index (κ3) is 3.79. The van der Waals surface area contributed by atoms with E-state index in [0.717, 1.165) is 0 Å². The second-order valence-electron chi connectivity index (χ2n) is 3.81. The molecule has 1 unspecified atom stereocenters. The molecule has 1 amide bonds. The fourth-order valence-electron chi connectivity index (χ4n) is 1.40. The van der Waals surface area contributed by atoms with Gasteiger partial charge in [0.1, 0.15) is 6.61 Å². The summed E-state index contributed by atoms with van der Waals surface area (Å²) < 4.78 is 10.2. The number of amides is 1. The van der Waals surface area contributed by atoms with Crippen molar-refractivity contribution in [3.05, 3.63) is 0 Å². The Morgan fingerprint density at radius 3 is 2.88 bits per heavy atom. The Balaban J connectivity index is 2.31. The van der Waals surface area contributed by atoms with Gasteiger partial charge in [-0.25, -0.2) is 4.79 Å². The van der Waals surface area contributed by atoms with Gasteiger partial charge in [-0.3, -0.25) is 4.79 Å². The number of rotatable bonds is 4. The molecule has 1 N–H and O–H groups in total. The first-order valence-corrected chi connectivity index (χ1v) is 5.24. The van der Waals surface area contributed by atoms with Crippen LogP contribution in [0.3, 0.4) is 0 Å². The molecule has 0 saturated carbocycles. The third-order valence-corrected chi connectivity index (χ3v) is 2.40. The van der Waals surface area contributed by atoms with Crippen molar-refractivity contribution in [3.8, 4) is 0 Å². The molecule has 0 aliphatic carbocycles. The van der Waals surface area contributed by atoms with E-state index in [4.69, 9.17) is 14.6 Å². The molecule has 92 valence electrons. The maximum absolute atomic E-state index is 11.6. The Hall–Kier alpha value is -1.14. The maximum atomic E-state index is 11.6. The van der Waals surface area contributed by atoms with Crippen molar-refractivity contribution in [2.45, 2.75) is 26.1 Å². The number of hydrogen-bond acceptors (Lipinski definition) is 4. The summed E-state index contributed by atoms with van der Waals surface area (Å²) in [5, 5.41) is 8.58. The average Bonchev–Trinajstić information content (AvgIpc) is 2.25. The van der Waals surface area contributed by atoms with Crippen LogP contribution in [0, 0.1) is 0 Å². The Labute approximate surface area is 94.1 Å². The Bertz CT molecular complexity index is 268. The van der Waals surface area contributed by atoms with E-state index in [0.29, 0.717) is 19.7 Å². The van der Waals surface area contributed by atoms with Gasteiger partial charge in [-0.1, -0.05) is 0 Å². The maximum Gasteiger partial charge on any atom is 0.332 e. The number of carbonyl (C=O) groups excluding carboxylic acids is 1. The zero-order valence-corrected chi connectivity index (χ0v) is 9.51. The first kappa shape index (κ1) is 12.9. The Kier molecular flexibility index (Phi) is 4.70. The van der Waals surface area contributed by atoms with Crippen molar-refractivity contribution in [2.75, 3.05) is 26.3 Å². The van der Waals surface area contributed by atoms with Crippen molar-refractivity contribution in [1.29, 1.82) is 0 Å². The topological polar surface area (TPSA) is 76.1 Å². The summed E-state index contributed by atoms with van der Waals surface area (Å²) in [6, 6.07) is 0. The molecule has 2 atom stereocenters. The standard InChI is InChI=1S/C10H17NO5/c1-7-5-11(3-4-15-7)9(12)6-16-8(2)10(13)14/h7-8H,3-6H2,1-2H3,(H,13,14)/t7?,8-/m0/s1. The highest BCUT2D eigenvalue weighted by atomic mass is 16.5. The van der Waals surface area contributed by atoms with E-state index >= 15 is 0 Å². The minimum Gasteiger partial charge on any atom is -0.479 e. The van der Waals surface area contributed by atoms with Crippen molar-refractivity contribution in [3.63, 3.8) is 0 Å². The van der Waals surface area contributed by atoms with Crippen LogP contribution in [0.4, 0.5) is 0 Å². The van der Waals surface area contributed by atoms with Crippen LogP contribution in [0.1, 0.15) is 13.8 Å². The van der Waals surface area contributed by atoms with Crippen LogP contribution in [0.15, 0.2) is 0 Å². The highest BCUT2D eigenvalue weighted by Crippen LogP contribution is 2.05. The molecule has 1 aliphatic heterocycles. The van der Waals surface area contributed by atoms with Crippen molar-refractivity contribution in [2.24, 2.45) is 0 Å². The Morgan fingerprint density at radius 2 is 2.31 bits per heavy atom. The average molecular weight is 231 g/mol. The number of hydrogen-bond donors (Lipinski definition) is 1. The van der Waals surface area contributed by atoms with Gasteiger partial charge in [0.15, 0.2) is 6.10 Å². The zero-order chi connectivity index (χ0) is 12.1. The lowest BCUT2D eigenvalue weighted by Crippen LogP contribution is -2.46. The molecule has 0 radical (unpaired) electrons. The predicted octanol–water partition coefficient (Wildman–Crippen LogP) is -0.277. The van der Waals surface area contributed by atoms with Crippen molar-refractivity contribution < 1.29 is 24.2 Å². The van der Waals surface area contributed by atoms with Crippen LogP contribution < -0.4 is 0 Å². The molecule has 16 heavy (non-hydrogen) atoms. The highest BCUT2D eigenvalue weighted by Gasteiger charge is 2.22. The quantitative estimate of drug-likeness (QED) is 0.720. The number of carboxylic acid groups (broad SMARTS) is 1. The monoisotopic (exact) mass is 231 g/mol.